The summed E-state index contributed by atoms with van der Waals surface area (Å²) in [5.74, 6) is 0.208. The molecule has 9 heavy (non-hydrogen) atoms. The summed E-state index contributed by atoms with van der Waals surface area (Å²) in [6, 6.07) is 2.24. The molecule has 0 aromatic heterocycles. The van der Waals surface area contributed by atoms with Crippen molar-refractivity contribution in [1.29, 1.82) is 5.26 Å². The fourth-order valence-electron chi connectivity index (χ4n) is 0.702. The minimum atomic E-state index is 0.208. The predicted molar refractivity (Wildman–Crippen MR) is 37.9 cm³/mol. The zero-order chi connectivity index (χ0) is 7.28. The predicted octanol–water partition coefficient (Wildman–Crippen LogP) is 1.10. The molecule has 0 aromatic carbocycles. The Bertz CT molecular complexity index is 102. The van der Waals surface area contributed by atoms with Gasteiger partial charge in [-0.3, -0.25) is 0 Å². The van der Waals surface area contributed by atoms with E-state index in [4.69, 9.17) is 5.26 Å². The van der Waals surface area contributed by atoms with E-state index in [1.54, 1.807) is 0 Å². The minimum Gasteiger partial charge on any atom is -0.308 e. The van der Waals surface area contributed by atoms with Crippen LogP contribution in [0.4, 0.5) is 0 Å². The lowest BCUT2D eigenvalue weighted by molar-refractivity contribution is 0.358. The molecule has 2 nitrogen and oxygen atoms in total. The molecule has 0 bridgehead atoms. The van der Waals surface area contributed by atoms with E-state index < -0.39 is 0 Å². The second kappa shape index (κ2) is 4.34. The van der Waals surface area contributed by atoms with Crippen molar-refractivity contribution < 1.29 is 0 Å². The first-order valence-corrected chi connectivity index (χ1v) is 3.25. The van der Waals surface area contributed by atoms with Gasteiger partial charge < -0.3 is 4.90 Å². The number of nitriles is 1. The Morgan fingerprint density at radius 3 is 2.22 bits per heavy atom. The summed E-state index contributed by atoms with van der Waals surface area (Å²) in [7, 11) is 3.97. The van der Waals surface area contributed by atoms with Crippen molar-refractivity contribution in [2.24, 2.45) is 5.92 Å². The largest absolute Gasteiger partial charge is 0.308 e. The molecule has 0 saturated carbocycles. The maximum Gasteiger partial charge on any atom is 0.0669 e. The zero-order valence-corrected chi connectivity index (χ0v) is 6.39. The highest BCUT2D eigenvalue weighted by Gasteiger charge is 2.03. The number of rotatable bonds is 3. The highest BCUT2D eigenvalue weighted by Crippen LogP contribution is 2.00. The molecule has 1 atom stereocenters. The van der Waals surface area contributed by atoms with Gasteiger partial charge in [-0.15, -0.1) is 0 Å². The van der Waals surface area contributed by atoms with Crippen LogP contribution in [0, 0.1) is 17.2 Å². The van der Waals surface area contributed by atoms with Gasteiger partial charge in [0.05, 0.1) is 12.0 Å². The summed E-state index contributed by atoms with van der Waals surface area (Å²) in [5.41, 5.74) is 0. The summed E-state index contributed by atoms with van der Waals surface area (Å²) in [5, 5.41) is 8.50. The molecule has 0 spiro atoms. The molecule has 0 aliphatic heterocycles. The van der Waals surface area contributed by atoms with Crippen LogP contribution in [0.5, 0.6) is 0 Å². The first kappa shape index (κ1) is 8.45. The van der Waals surface area contributed by atoms with Gasteiger partial charge in [-0.2, -0.15) is 5.26 Å². The molecule has 1 unspecified atom stereocenters. The molecule has 52 valence electrons. The van der Waals surface area contributed by atoms with Crippen LogP contribution in [0.1, 0.15) is 13.3 Å². The van der Waals surface area contributed by atoms with Gasteiger partial charge in [-0.1, -0.05) is 6.92 Å². The average molecular weight is 126 g/mol. The minimum absolute atomic E-state index is 0.208. The number of hydrogen-bond donors (Lipinski definition) is 0. The smallest absolute Gasteiger partial charge is 0.0669 e. The lowest BCUT2D eigenvalue weighted by Gasteiger charge is -2.11. The first-order chi connectivity index (χ1) is 4.20. The zero-order valence-electron chi connectivity index (χ0n) is 6.39. The summed E-state index contributed by atoms with van der Waals surface area (Å²) in [6.07, 6.45) is 0.953. The van der Waals surface area contributed by atoms with Gasteiger partial charge in [0.25, 0.3) is 0 Å². The Morgan fingerprint density at radius 1 is 1.56 bits per heavy atom. The topological polar surface area (TPSA) is 27.0 Å². The lowest BCUT2D eigenvalue weighted by Crippen LogP contribution is -2.19. The van der Waals surface area contributed by atoms with Crippen LogP contribution in [-0.4, -0.2) is 25.5 Å². The molecule has 0 fully saturated rings. The van der Waals surface area contributed by atoms with E-state index in [2.05, 4.69) is 6.07 Å². The van der Waals surface area contributed by atoms with Crippen molar-refractivity contribution in [3.8, 4) is 6.07 Å². The highest BCUT2D eigenvalue weighted by atomic mass is 15.1. The van der Waals surface area contributed by atoms with Gasteiger partial charge in [-0.05, 0) is 20.5 Å². The van der Waals surface area contributed by atoms with E-state index in [1.807, 2.05) is 25.9 Å². The van der Waals surface area contributed by atoms with Crippen molar-refractivity contribution in [2.75, 3.05) is 20.6 Å². The molecule has 0 amide bonds. The third kappa shape index (κ3) is 3.99. The van der Waals surface area contributed by atoms with Gasteiger partial charge in [0.1, 0.15) is 0 Å². The van der Waals surface area contributed by atoms with Gasteiger partial charge in [0.15, 0.2) is 0 Å². The molecule has 0 rings (SSSR count). The van der Waals surface area contributed by atoms with Crippen molar-refractivity contribution in [3.63, 3.8) is 0 Å². The van der Waals surface area contributed by atoms with Crippen LogP contribution in [0.3, 0.4) is 0 Å². The molecule has 0 radical (unpaired) electrons. The molecule has 0 saturated heterocycles. The Labute approximate surface area is 57.1 Å². The number of nitrogens with zero attached hydrogens (tertiary/aromatic N) is 2. The first-order valence-electron chi connectivity index (χ1n) is 3.25. The van der Waals surface area contributed by atoms with Crippen molar-refractivity contribution in [3.05, 3.63) is 0 Å². The molecule has 0 aliphatic rings. The summed E-state index contributed by atoms with van der Waals surface area (Å²) in [6.45, 7) is 2.92. The average Bonchev–Trinajstić information content (AvgIpc) is 1.82. The van der Waals surface area contributed by atoms with Crippen LogP contribution in [0.25, 0.3) is 0 Å². The Kier molecular flexibility index (Phi) is 4.08. The molecular formula is C7H14N2. The third-order valence-corrected chi connectivity index (χ3v) is 1.26. The van der Waals surface area contributed by atoms with Crippen LogP contribution >= 0.6 is 0 Å². The Hall–Kier alpha value is -0.550. The molecule has 0 N–H and O–H groups in total. The SMILES string of the molecule is CCC(C#N)CN(C)C. The number of hydrogen-bond acceptors (Lipinski definition) is 2. The van der Waals surface area contributed by atoms with Crippen molar-refractivity contribution in [1.82, 2.24) is 4.90 Å². The van der Waals surface area contributed by atoms with E-state index in [9.17, 15) is 0 Å². The molecule has 0 aromatic rings. The van der Waals surface area contributed by atoms with Gasteiger partial charge in [0.2, 0.25) is 0 Å². The summed E-state index contributed by atoms with van der Waals surface area (Å²) < 4.78 is 0. The Morgan fingerprint density at radius 2 is 2.11 bits per heavy atom. The fraction of sp³-hybridized carbons (Fsp3) is 0.857. The maximum atomic E-state index is 8.50. The van der Waals surface area contributed by atoms with Crippen molar-refractivity contribution in [2.45, 2.75) is 13.3 Å². The molecule has 0 heterocycles. The second-order valence-corrected chi connectivity index (χ2v) is 2.50. The van der Waals surface area contributed by atoms with Gasteiger partial charge in [0, 0.05) is 6.54 Å². The highest BCUT2D eigenvalue weighted by molar-refractivity contribution is 4.82. The fourth-order valence-corrected chi connectivity index (χ4v) is 0.702. The quantitative estimate of drug-likeness (QED) is 0.566. The maximum absolute atomic E-state index is 8.50. The van der Waals surface area contributed by atoms with Crippen LogP contribution in [0.2, 0.25) is 0 Å². The molecule has 2 heteroatoms. The van der Waals surface area contributed by atoms with Crippen LogP contribution < -0.4 is 0 Å². The van der Waals surface area contributed by atoms with E-state index in [0.717, 1.165) is 13.0 Å². The molecule has 0 aliphatic carbocycles. The standard InChI is InChI=1S/C7H14N2/c1-4-7(5-8)6-9(2)3/h7H,4,6H2,1-3H3. The van der Waals surface area contributed by atoms with Crippen LogP contribution in [-0.2, 0) is 0 Å². The summed E-state index contributed by atoms with van der Waals surface area (Å²) >= 11 is 0. The van der Waals surface area contributed by atoms with E-state index in [1.165, 1.54) is 0 Å². The third-order valence-electron chi connectivity index (χ3n) is 1.26. The van der Waals surface area contributed by atoms with E-state index in [0.29, 0.717) is 0 Å². The van der Waals surface area contributed by atoms with Gasteiger partial charge >= 0.3 is 0 Å². The van der Waals surface area contributed by atoms with Crippen LogP contribution in [0.15, 0.2) is 0 Å². The van der Waals surface area contributed by atoms with Gasteiger partial charge in [-0.25, -0.2) is 0 Å². The normalized spacial score (nSPS) is 13.2. The van der Waals surface area contributed by atoms with E-state index >= 15 is 0 Å². The van der Waals surface area contributed by atoms with Crippen molar-refractivity contribution >= 4 is 0 Å². The molecular weight excluding hydrogens is 112 g/mol. The lowest BCUT2D eigenvalue weighted by atomic mass is 10.1. The summed E-state index contributed by atoms with van der Waals surface area (Å²) in [4.78, 5) is 2.04. The Balaban J connectivity index is 3.47. The second-order valence-electron chi connectivity index (χ2n) is 2.50. The van der Waals surface area contributed by atoms with E-state index in [-0.39, 0.29) is 5.92 Å². The monoisotopic (exact) mass is 126 g/mol.